The van der Waals surface area contributed by atoms with Crippen LogP contribution >= 0.6 is 0 Å². The number of sulfonamides is 1. The van der Waals surface area contributed by atoms with E-state index in [-0.39, 0.29) is 13.2 Å². The van der Waals surface area contributed by atoms with Crippen molar-refractivity contribution in [1.29, 1.82) is 0 Å². The number of nitrogens with one attached hydrogen (secondary N) is 1. The first kappa shape index (κ1) is 21.6. The van der Waals surface area contributed by atoms with Crippen LogP contribution in [0.25, 0.3) is 0 Å². The van der Waals surface area contributed by atoms with E-state index in [1.807, 2.05) is 31.2 Å². The summed E-state index contributed by atoms with van der Waals surface area (Å²) >= 11 is 0. The van der Waals surface area contributed by atoms with Crippen molar-refractivity contribution in [2.24, 2.45) is 0 Å². The van der Waals surface area contributed by atoms with Gasteiger partial charge in [-0.1, -0.05) is 17.7 Å². The minimum Gasteiger partial charge on any atom is -0.497 e. The summed E-state index contributed by atoms with van der Waals surface area (Å²) in [5.74, 6) is 0.903. The number of hydrogen-bond donors (Lipinski definition) is 1. The minimum absolute atomic E-state index is 0.261. The van der Waals surface area contributed by atoms with E-state index in [4.69, 9.17) is 9.47 Å². The number of ether oxygens (including phenoxy) is 2. The van der Waals surface area contributed by atoms with Crippen molar-refractivity contribution in [2.45, 2.75) is 19.9 Å². The van der Waals surface area contributed by atoms with Crippen LogP contribution in [-0.2, 0) is 14.8 Å². The number of anilines is 1. The van der Waals surface area contributed by atoms with Gasteiger partial charge in [0.15, 0.2) is 0 Å². The number of aryl methyl sites for hydroxylation is 1. The lowest BCUT2D eigenvalue weighted by molar-refractivity contribution is -0.121. The molecule has 0 aromatic heterocycles. The van der Waals surface area contributed by atoms with Crippen LogP contribution in [0.1, 0.15) is 12.5 Å². The minimum atomic E-state index is -3.66. The Kier molecular flexibility index (Phi) is 7.28. The smallest absolute Gasteiger partial charge is 0.243 e. The average molecular weight is 407 g/mol. The van der Waals surface area contributed by atoms with E-state index in [0.717, 1.165) is 16.1 Å². The van der Waals surface area contributed by atoms with Gasteiger partial charge in [0.25, 0.3) is 0 Å². The van der Waals surface area contributed by atoms with Gasteiger partial charge in [-0.25, -0.2) is 8.42 Å². The Bertz CT molecular complexity index is 880. The number of carbonyl (C=O) groups excluding carboxylic acids is 1. The van der Waals surface area contributed by atoms with E-state index >= 15 is 0 Å². The molecule has 0 fully saturated rings. The Labute approximate surface area is 166 Å². The van der Waals surface area contributed by atoms with Crippen LogP contribution in [0.5, 0.6) is 11.5 Å². The monoisotopic (exact) mass is 406 g/mol. The van der Waals surface area contributed by atoms with E-state index in [1.165, 1.54) is 7.11 Å². The molecule has 0 radical (unpaired) electrons. The standard InChI is InChI=1S/C20H26N2O5S/c1-15-5-9-19(10-6-15)27-14-13-21-20(23)16(2)22(28(4,24)25)17-7-11-18(26-3)12-8-17/h5-12,16H,13-14H2,1-4H3,(H,21,23)/t16-/m0/s1. The van der Waals surface area contributed by atoms with Gasteiger partial charge in [-0.2, -0.15) is 0 Å². The van der Waals surface area contributed by atoms with Crippen LogP contribution in [0, 0.1) is 6.92 Å². The first-order valence-electron chi connectivity index (χ1n) is 8.83. The zero-order chi connectivity index (χ0) is 20.7. The number of benzene rings is 2. The van der Waals surface area contributed by atoms with Crippen LogP contribution in [-0.4, -0.2) is 46.9 Å². The second-order valence-electron chi connectivity index (χ2n) is 6.39. The van der Waals surface area contributed by atoms with Gasteiger partial charge in [0.05, 0.1) is 25.6 Å². The largest absolute Gasteiger partial charge is 0.497 e. The molecule has 2 aromatic carbocycles. The van der Waals surface area contributed by atoms with Crippen LogP contribution in [0.3, 0.4) is 0 Å². The van der Waals surface area contributed by atoms with Gasteiger partial charge in [-0.05, 0) is 50.2 Å². The predicted molar refractivity (Wildman–Crippen MR) is 109 cm³/mol. The van der Waals surface area contributed by atoms with E-state index < -0.39 is 22.0 Å². The van der Waals surface area contributed by atoms with Crippen LogP contribution in [0.2, 0.25) is 0 Å². The molecule has 0 aliphatic heterocycles. The quantitative estimate of drug-likeness (QED) is 0.646. The normalized spacial score (nSPS) is 12.1. The fourth-order valence-electron chi connectivity index (χ4n) is 2.66. The molecule has 1 atom stereocenters. The SMILES string of the molecule is COc1ccc(N([C@@H](C)C(=O)NCCOc2ccc(C)cc2)S(C)(=O)=O)cc1. The molecule has 2 rings (SSSR count). The maximum atomic E-state index is 12.5. The highest BCUT2D eigenvalue weighted by Gasteiger charge is 2.28. The third-order valence-electron chi connectivity index (χ3n) is 4.11. The van der Waals surface area contributed by atoms with Gasteiger partial charge in [-0.15, -0.1) is 0 Å². The molecule has 0 heterocycles. The summed E-state index contributed by atoms with van der Waals surface area (Å²) in [6.45, 7) is 4.07. The first-order chi connectivity index (χ1) is 13.2. The highest BCUT2D eigenvalue weighted by molar-refractivity contribution is 7.92. The fourth-order valence-corrected chi connectivity index (χ4v) is 3.84. The molecule has 0 bridgehead atoms. The second-order valence-corrected chi connectivity index (χ2v) is 8.24. The molecule has 0 saturated carbocycles. The van der Waals surface area contributed by atoms with Crippen LogP contribution < -0.4 is 19.1 Å². The number of methoxy groups -OCH3 is 1. The van der Waals surface area contributed by atoms with Gasteiger partial charge in [-0.3, -0.25) is 9.10 Å². The summed E-state index contributed by atoms with van der Waals surface area (Å²) < 4.78 is 36.3. The molecule has 28 heavy (non-hydrogen) atoms. The molecule has 0 saturated heterocycles. The van der Waals surface area contributed by atoms with Crippen molar-refractivity contribution in [3.8, 4) is 11.5 Å². The van der Waals surface area contributed by atoms with Crippen LogP contribution in [0.4, 0.5) is 5.69 Å². The highest BCUT2D eigenvalue weighted by Crippen LogP contribution is 2.23. The van der Waals surface area contributed by atoms with Crippen molar-refractivity contribution in [3.05, 3.63) is 54.1 Å². The molecule has 1 N–H and O–H groups in total. The summed E-state index contributed by atoms with van der Waals surface area (Å²) in [7, 11) is -2.13. The molecular formula is C20H26N2O5S. The molecule has 0 unspecified atom stereocenters. The van der Waals surface area contributed by atoms with E-state index in [9.17, 15) is 13.2 Å². The van der Waals surface area contributed by atoms with Crippen molar-refractivity contribution < 1.29 is 22.7 Å². The van der Waals surface area contributed by atoms with Crippen molar-refractivity contribution in [3.63, 3.8) is 0 Å². The molecule has 7 nitrogen and oxygen atoms in total. The van der Waals surface area contributed by atoms with Crippen molar-refractivity contribution >= 4 is 21.6 Å². The third kappa shape index (κ3) is 5.88. The lowest BCUT2D eigenvalue weighted by atomic mass is 10.2. The van der Waals surface area contributed by atoms with E-state index in [2.05, 4.69) is 5.32 Å². The molecule has 0 aliphatic carbocycles. The third-order valence-corrected chi connectivity index (χ3v) is 5.35. The Hall–Kier alpha value is -2.74. The van der Waals surface area contributed by atoms with Gasteiger partial charge in [0, 0.05) is 0 Å². The topological polar surface area (TPSA) is 84.9 Å². The van der Waals surface area contributed by atoms with Gasteiger partial charge >= 0.3 is 0 Å². The summed E-state index contributed by atoms with van der Waals surface area (Å²) in [6.07, 6.45) is 1.07. The predicted octanol–water partition coefficient (Wildman–Crippen LogP) is 2.35. The molecule has 2 aromatic rings. The Morgan fingerprint density at radius 3 is 2.18 bits per heavy atom. The Morgan fingerprint density at radius 2 is 1.64 bits per heavy atom. The second kappa shape index (κ2) is 9.45. The summed E-state index contributed by atoms with van der Waals surface area (Å²) in [6, 6.07) is 13.2. The molecule has 0 aliphatic rings. The van der Waals surface area contributed by atoms with Crippen molar-refractivity contribution in [1.82, 2.24) is 5.32 Å². The molecule has 152 valence electrons. The maximum absolute atomic E-state index is 12.5. The van der Waals surface area contributed by atoms with Gasteiger partial charge in [0.2, 0.25) is 15.9 Å². The maximum Gasteiger partial charge on any atom is 0.243 e. The molecule has 8 heteroatoms. The number of nitrogens with zero attached hydrogens (tertiary/aromatic N) is 1. The first-order valence-corrected chi connectivity index (χ1v) is 10.7. The molecule has 1 amide bonds. The van der Waals surface area contributed by atoms with Crippen molar-refractivity contribution in [2.75, 3.05) is 30.8 Å². The Morgan fingerprint density at radius 1 is 1.07 bits per heavy atom. The zero-order valence-corrected chi connectivity index (χ0v) is 17.3. The summed E-state index contributed by atoms with van der Waals surface area (Å²) in [5, 5.41) is 2.71. The number of amides is 1. The van der Waals surface area contributed by atoms with E-state index in [0.29, 0.717) is 17.2 Å². The molecule has 0 spiro atoms. The van der Waals surface area contributed by atoms with Gasteiger partial charge in [0.1, 0.15) is 24.1 Å². The zero-order valence-electron chi connectivity index (χ0n) is 16.5. The van der Waals surface area contributed by atoms with Crippen LogP contribution in [0.15, 0.2) is 48.5 Å². The highest BCUT2D eigenvalue weighted by atomic mass is 32.2. The van der Waals surface area contributed by atoms with Gasteiger partial charge < -0.3 is 14.8 Å². The Balaban J connectivity index is 1.97. The number of rotatable bonds is 9. The lowest BCUT2D eigenvalue weighted by Gasteiger charge is -2.28. The molecular weight excluding hydrogens is 380 g/mol. The lowest BCUT2D eigenvalue weighted by Crippen LogP contribution is -2.48. The van der Waals surface area contributed by atoms with E-state index in [1.54, 1.807) is 31.2 Å². The summed E-state index contributed by atoms with van der Waals surface area (Å²) in [4.78, 5) is 12.5. The summed E-state index contributed by atoms with van der Waals surface area (Å²) in [5.41, 5.74) is 1.52. The fraction of sp³-hybridized carbons (Fsp3) is 0.350. The number of carbonyl (C=O) groups is 1. The number of hydrogen-bond acceptors (Lipinski definition) is 5. The average Bonchev–Trinajstić information content (AvgIpc) is 2.66.